The average Bonchev–Trinajstić information content (AvgIpc) is 3.08. The van der Waals surface area contributed by atoms with Gasteiger partial charge in [-0.2, -0.15) is 8.42 Å². The van der Waals surface area contributed by atoms with Crippen LogP contribution in [-0.4, -0.2) is 68.6 Å². The zero-order chi connectivity index (χ0) is 22.0. The third-order valence-electron chi connectivity index (χ3n) is 6.34. The summed E-state index contributed by atoms with van der Waals surface area (Å²) < 4.78 is 28.9. The fraction of sp³-hybridized carbons (Fsp3) is 0.591. The molecule has 168 valence electrons. The second-order valence-corrected chi connectivity index (χ2v) is 10.2. The van der Waals surface area contributed by atoms with E-state index >= 15 is 0 Å². The lowest BCUT2D eigenvalue weighted by atomic mass is 9.92. The van der Waals surface area contributed by atoms with Crippen LogP contribution in [0.15, 0.2) is 33.6 Å². The van der Waals surface area contributed by atoms with E-state index in [1.807, 2.05) is 16.7 Å². The maximum Gasteiger partial charge on any atom is 0.285 e. The van der Waals surface area contributed by atoms with E-state index in [-0.39, 0.29) is 28.5 Å². The third kappa shape index (κ3) is 4.46. The van der Waals surface area contributed by atoms with Crippen molar-refractivity contribution in [1.29, 1.82) is 0 Å². The Hall–Kier alpha value is -2.42. The van der Waals surface area contributed by atoms with Gasteiger partial charge in [-0.25, -0.2) is 0 Å². The molecule has 0 aromatic heterocycles. The molecule has 0 radical (unpaired) electrons. The maximum atomic E-state index is 13.3. The Morgan fingerprint density at radius 2 is 1.84 bits per heavy atom. The lowest BCUT2D eigenvalue weighted by Gasteiger charge is -2.38. The van der Waals surface area contributed by atoms with Crippen molar-refractivity contribution in [3.8, 4) is 0 Å². The van der Waals surface area contributed by atoms with E-state index in [1.165, 1.54) is 0 Å². The Morgan fingerprint density at radius 1 is 1.10 bits per heavy atom. The van der Waals surface area contributed by atoms with Crippen molar-refractivity contribution in [3.05, 3.63) is 29.8 Å². The number of benzene rings is 1. The van der Waals surface area contributed by atoms with Crippen molar-refractivity contribution >= 4 is 27.7 Å². The number of sulfonamides is 1. The highest BCUT2D eigenvalue weighted by atomic mass is 32.2. The number of likely N-dealkylation sites (tertiary alicyclic amines) is 2. The molecular formula is C22H30N4O4S. The predicted molar refractivity (Wildman–Crippen MR) is 117 cm³/mol. The summed E-state index contributed by atoms with van der Waals surface area (Å²) in [4.78, 5) is 29.6. The van der Waals surface area contributed by atoms with Gasteiger partial charge in [0.1, 0.15) is 4.90 Å². The van der Waals surface area contributed by atoms with Crippen molar-refractivity contribution < 1.29 is 18.0 Å². The Morgan fingerprint density at radius 3 is 2.65 bits per heavy atom. The summed E-state index contributed by atoms with van der Waals surface area (Å²) in [6, 6.07) is 6.85. The van der Waals surface area contributed by atoms with Gasteiger partial charge in [0.15, 0.2) is 5.84 Å². The minimum Gasteiger partial charge on any atom is -0.356 e. The van der Waals surface area contributed by atoms with Crippen molar-refractivity contribution in [2.75, 3.05) is 32.7 Å². The highest BCUT2D eigenvalue weighted by Gasteiger charge is 2.37. The van der Waals surface area contributed by atoms with Crippen LogP contribution < -0.4 is 5.32 Å². The lowest BCUT2D eigenvalue weighted by molar-refractivity contribution is -0.140. The number of rotatable bonds is 4. The van der Waals surface area contributed by atoms with Crippen LogP contribution in [0.4, 0.5) is 0 Å². The third-order valence-corrected chi connectivity index (χ3v) is 7.66. The summed E-state index contributed by atoms with van der Waals surface area (Å²) in [5, 5.41) is 2.94. The molecule has 4 rings (SSSR count). The Bertz CT molecular complexity index is 991. The number of amides is 2. The molecule has 1 N–H and O–H groups in total. The molecular weight excluding hydrogens is 416 g/mol. The van der Waals surface area contributed by atoms with Crippen LogP contribution in [0.25, 0.3) is 0 Å². The molecule has 1 aromatic rings. The molecule has 3 aliphatic heterocycles. The first kappa shape index (κ1) is 21.8. The van der Waals surface area contributed by atoms with Gasteiger partial charge in [0.25, 0.3) is 10.0 Å². The van der Waals surface area contributed by atoms with Crippen LogP contribution in [0.1, 0.15) is 44.6 Å². The quantitative estimate of drug-likeness (QED) is 0.758. The molecule has 2 amide bonds. The van der Waals surface area contributed by atoms with Crippen LogP contribution in [0.5, 0.6) is 0 Å². The van der Waals surface area contributed by atoms with E-state index in [1.54, 1.807) is 24.3 Å². The fourth-order valence-electron chi connectivity index (χ4n) is 4.73. The SMILES string of the molecule is CCCNC(=O)C1CCCN(C(=O)C2CCCN(C3=NS(=O)(=O)c4ccccc43)C2)C1. The standard InChI is InChI=1S/C22H30N4O4S/c1-2-11-23-21(27)16-7-5-13-26(14-16)22(28)17-8-6-12-25(15-17)20-18-9-3-4-10-19(18)31(29,30)24-20/h3-4,9-10,16-17H,2,5-8,11-15H2,1H3,(H,23,27). The topological polar surface area (TPSA) is 99.2 Å². The van der Waals surface area contributed by atoms with E-state index in [4.69, 9.17) is 0 Å². The number of piperidine rings is 2. The van der Waals surface area contributed by atoms with Gasteiger partial charge < -0.3 is 15.1 Å². The molecule has 2 atom stereocenters. The Balaban J connectivity index is 1.44. The minimum atomic E-state index is -3.68. The number of nitrogens with one attached hydrogen (secondary N) is 1. The van der Waals surface area contributed by atoms with Gasteiger partial charge in [0.2, 0.25) is 11.8 Å². The molecule has 0 aliphatic carbocycles. The highest BCUT2D eigenvalue weighted by Crippen LogP contribution is 2.30. The molecule has 8 nitrogen and oxygen atoms in total. The van der Waals surface area contributed by atoms with Gasteiger partial charge in [-0.15, -0.1) is 4.40 Å². The van der Waals surface area contributed by atoms with Gasteiger partial charge >= 0.3 is 0 Å². The largest absolute Gasteiger partial charge is 0.356 e. The smallest absolute Gasteiger partial charge is 0.285 e. The van der Waals surface area contributed by atoms with Crippen LogP contribution in [-0.2, 0) is 19.6 Å². The van der Waals surface area contributed by atoms with E-state index in [0.29, 0.717) is 44.1 Å². The molecule has 31 heavy (non-hydrogen) atoms. The summed E-state index contributed by atoms with van der Waals surface area (Å²) in [5.41, 5.74) is 0.612. The Kier molecular flexibility index (Phi) is 6.31. The first-order valence-electron chi connectivity index (χ1n) is 11.2. The van der Waals surface area contributed by atoms with E-state index in [0.717, 1.165) is 32.1 Å². The summed E-state index contributed by atoms with van der Waals surface area (Å²) in [6.45, 7) is 4.94. The molecule has 0 saturated carbocycles. The molecule has 2 unspecified atom stereocenters. The van der Waals surface area contributed by atoms with Crippen molar-refractivity contribution in [1.82, 2.24) is 15.1 Å². The molecule has 9 heteroatoms. The highest BCUT2D eigenvalue weighted by molar-refractivity contribution is 7.90. The predicted octanol–water partition coefficient (Wildman–Crippen LogP) is 1.61. The zero-order valence-electron chi connectivity index (χ0n) is 17.9. The zero-order valence-corrected chi connectivity index (χ0v) is 18.7. The van der Waals surface area contributed by atoms with Gasteiger partial charge in [-0.3, -0.25) is 9.59 Å². The molecule has 3 heterocycles. The van der Waals surface area contributed by atoms with Crippen LogP contribution in [0.2, 0.25) is 0 Å². The second kappa shape index (κ2) is 8.98. The first-order valence-corrected chi connectivity index (χ1v) is 12.6. The number of carbonyl (C=O) groups is 2. The normalized spacial score (nSPS) is 25.0. The number of amidine groups is 1. The van der Waals surface area contributed by atoms with E-state index in [9.17, 15) is 18.0 Å². The van der Waals surface area contributed by atoms with Crippen molar-refractivity contribution in [2.45, 2.75) is 43.9 Å². The van der Waals surface area contributed by atoms with E-state index in [2.05, 4.69) is 9.71 Å². The van der Waals surface area contributed by atoms with Crippen molar-refractivity contribution in [2.24, 2.45) is 16.2 Å². The van der Waals surface area contributed by atoms with Crippen LogP contribution in [0.3, 0.4) is 0 Å². The number of hydrogen-bond acceptors (Lipinski definition) is 5. The summed E-state index contributed by atoms with van der Waals surface area (Å²) in [7, 11) is -3.68. The Labute approximate surface area is 183 Å². The average molecular weight is 447 g/mol. The molecule has 0 spiro atoms. The minimum absolute atomic E-state index is 0.0340. The number of nitrogens with zero attached hydrogens (tertiary/aromatic N) is 3. The van der Waals surface area contributed by atoms with E-state index < -0.39 is 10.0 Å². The maximum absolute atomic E-state index is 13.3. The van der Waals surface area contributed by atoms with Gasteiger partial charge in [-0.05, 0) is 44.2 Å². The molecule has 3 aliphatic rings. The van der Waals surface area contributed by atoms with Crippen molar-refractivity contribution in [3.63, 3.8) is 0 Å². The lowest BCUT2D eigenvalue weighted by Crippen LogP contribution is -2.51. The number of fused-ring (bicyclic) bond motifs is 1. The first-order chi connectivity index (χ1) is 14.9. The summed E-state index contributed by atoms with van der Waals surface area (Å²) >= 11 is 0. The number of carbonyl (C=O) groups excluding carboxylic acids is 2. The molecule has 1 aromatic carbocycles. The summed E-state index contributed by atoms with van der Waals surface area (Å²) in [5.74, 6) is 0.173. The molecule has 2 fully saturated rings. The number of hydrogen-bond donors (Lipinski definition) is 1. The second-order valence-electron chi connectivity index (χ2n) is 8.59. The van der Waals surface area contributed by atoms with Gasteiger partial charge in [-0.1, -0.05) is 19.1 Å². The monoisotopic (exact) mass is 446 g/mol. The fourth-order valence-corrected chi connectivity index (χ4v) is 5.96. The van der Waals surface area contributed by atoms with Gasteiger partial charge in [0.05, 0.1) is 11.8 Å². The van der Waals surface area contributed by atoms with Crippen LogP contribution >= 0.6 is 0 Å². The summed E-state index contributed by atoms with van der Waals surface area (Å²) in [6.07, 6.45) is 4.08. The molecule has 0 bridgehead atoms. The van der Waals surface area contributed by atoms with Gasteiger partial charge in [0, 0.05) is 38.3 Å². The van der Waals surface area contributed by atoms with Crippen LogP contribution in [0, 0.1) is 11.8 Å². The molecule has 2 saturated heterocycles.